The summed E-state index contributed by atoms with van der Waals surface area (Å²) in [6.45, 7) is 16.3. The number of benzene rings is 4. The lowest BCUT2D eigenvalue weighted by Crippen LogP contribution is -2.21. The van der Waals surface area contributed by atoms with E-state index in [1.807, 2.05) is 34.6 Å². The molecule has 4 N–H and O–H groups in total. The smallest absolute Gasteiger partial charge is 0.228 e. The first kappa shape index (κ1) is 64.0. The molecule has 1 fully saturated rings. The van der Waals surface area contributed by atoms with E-state index in [9.17, 15) is 36.7 Å². The first-order valence-electron chi connectivity index (χ1n) is 27.7. The Labute approximate surface area is 487 Å². The SMILES string of the molecule is CC(=O)Nc1ncc(-c2ccc(F)cc2)nc1C.CCC(C)C(=O)Nc1ncc(-c2ccc(F)cc2)nc1C.Cc1nc(-c2ccc(F)cc2)cnc1NC(=O)CC(C)C.Cc1nc(-c2ccc(F)cc2)cnc1NC(=O)CC1CCCCC1. The standard InChI is InChI=1S/C19H22FN3O.2C16H18FN3O.C13H12FN3O/c1-13-19(23-18(24)11-14-5-3-2-4-6-14)21-12-17(22-13)15-7-9-16(20)10-8-15;1-10(2)8-15(21)20-16-11(3)19-14(9-18-16)12-4-6-13(17)7-5-12;1-4-10(2)16(21)20-15-11(3)19-14(9-18-15)12-5-7-13(17)8-6-12;1-8-13(17-9(2)18)15-7-12(16-8)10-3-5-11(14)6-4-10/h7-10,12,14H,2-6,11H2,1H3,(H,21,23,24);4-7,9-10H,8H2,1-3H3,(H,18,20,21);5-10H,4H2,1-3H3,(H,18,20,21);3-7H,1-2H3,(H,15,17,18). The molecule has 1 atom stereocenters. The monoisotopic (exact) mass is 1150 g/mol. The van der Waals surface area contributed by atoms with Crippen LogP contribution in [-0.4, -0.2) is 63.5 Å². The van der Waals surface area contributed by atoms with Gasteiger partial charge in [0.25, 0.3) is 0 Å². The van der Waals surface area contributed by atoms with Crippen LogP contribution in [0.3, 0.4) is 0 Å². The molecule has 0 aliphatic heterocycles. The molecule has 9 rings (SSSR count). The molecule has 1 saturated carbocycles. The summed E-state index contributed by atoms with van der Waals surface area (Å²) in [7, 11) is 0. The van der Waals surface area contributed by atoms with Gasteiger partial charge < -0.3 is 21.3 Å². The lowest BCUT2D eigenvalue weighted by atomic mass is 9.87. The Morgan fingerprint density at radius 1 is 0.464 bits per heavy atom. The summed E-state index contributed by atoms with van der Waals surface area (Å²) in [6, 6.07) is 24.2. The van der Waals surface area contributed by atoms with Crippen LogP contribution in [0, 0.1) is 68.7 Å². The fourth-order valence-electron chi connectivity index (χ4n) is 8.44. The highest BCUT2D eigenvalue weighted by molar-refractivity contribution is 5.92. The third kappa shape index (κ3) is 20.1. The minimum Gasteiger partial charge on any atom is -0.309 e. The topological polar surface area (TPSA) is 220 Å². The Morgan fingerprint density at radius 3 is 1.07 bits per heavy atom. The number of nitrogens with zero attached hydrogens (tertiary/aromatic N) is 8. The number of aromatic nitrogens is 8. The summed E-state index contributed by atoms with van der Waals surface area (Å²) in [6.07, 6.45) is 14.1. The molecule has 4 heterocycles. The summed E-state index contributed by atoms with van der Waals surface area (Å²) in [5, 5.41) is 11.0. The number of aryl methyl sites for hydroxylation is 4. The van der Waals surface area contributed by atoms with Crippen LogP contribution in [0.1, 0.15) is 109 Å². The molecule has 4 aromatic carbocycles. The van der Waals surface area contributed by atoms with Gasteiger partial charge in [0.15, 0.2) is 23.3 Å². The maximum absolute atomic E-state index is 13.0. The maximum atomic E-state index is 13.0. The number of nitrogens with one attached hydrogen (secondary N) is 4. The van der Waals surface area contributed by atoms with Gasteiger partial charge in [0, 0.05) is 47.9 Å². The molecular weight excluding hydrogens is 1080 g/mol. The normalized spacial score (nSPS) is 12.2. The molecule has 1 unspecified atom stereocenters. The highest BCUT2D eigenvalue weighted by atomic mass is 19.1. The number of rotatable bonds is 14. The van der Waals surface area contributed by atoms with E-state index in [2.05, 4.69) is 61.1 Å². The van der Waals surface area contributed by atoms with Crippen LogP contribution in [-0.2, 0) is 19.2 Å². The molecule has 84 heavy (non-hydrogen) atoms. The molecule has 16 nitrogen and oxygen atoms in total. The fraction of sp³-hybridized carbons (Fsp3) is 0.312. The first-order chi connectivity index (χ1) is 40.1. The van der Waals surface area contributed by atoms with Gasteiger partial charge in [-0.1, -0.05) is 47.0 Å². The van der Waals surface area contributed by atoms with Crippen molar-refractivity contribution in [3.63, 3.8) is 0 Å². The van der Waals surface area contributed by atoms with Crippen LogP contribution < -0.4 is 21.3 Å². The van der Waals surface area contributed by atoms with E-state index in [1.165, 1.54) is 74.7 Å². The summed E-state index contributed by atoms with van der Waals surface area (Å²) in [5.41, 5.74) is 8.29. The second-order valence-electron chi connectivity index (χ2n) is 20.7. The van der Waals surface area contributed by atoms with Crippen molar-refractivity contribution >= 4 is 46.9 Å². The van der Waals surface area contributed by atoms with E-state index in [0.717, 1.165) is 41.5 Å². The van der Waals surface area contributed by atoms with E-state index < -0.39 is 0 Å². The van der Waals surface area contributed by atoms with Crippen LogP contribution in [0.25, 0.3) is 45.0 Å². The Morgan fingerprint density at radius 2 is 0.774 bits per heavy atom. The average Bonchev–Trinajstić information content (AvgIpc) is 3.52. The molecule has 438 valence electrons. The van der Waals surface area contributed by atoms with E-state index in [4.69, 9.17) is 0 Å². The maximum Gasteiger partial charge on any atom is 0.228 e. The van der Waals surface area contributed by atoms with Crippen LogP contribution in [0.5, 0.6) is 0 Å². The van der Waals surface area contributed by atoms with Gasteiger partial charge in [-0.2, -0.15) is 0 Å². The van der Waals surface area contributed by atoms with E-state index >= 15 is 0 Å². The van der Waals surface area contributed by atoms with Crippen molar-refractivity contribution in [1.29, 1.82) is 0 Å². The second kappa shape index (κ2) is 31.3. The van der Waals surface area contributed by atoms with Crippen LogP contribution in [0.2, 0.25) is 0 Å². The number of hydrogen-bond acceptors (Lipinski definition) is 12. The van der Waals surface area contributed by atoms with Crippen LogP contribution in [0.4, 0.5) is 40.8 Å². The molecule has 0 bridgehead atoms. The van der Waals surface area contributed by atoms with Gasteiger partial charge in [-0.05, 0) is 156 Å². The Hall–Kier alpha value is -9.20. The van der Waals surface area contributed by atoms with Crippen molar-refractivity contribution < 1.29 is 36.7 Å². The fourth-order valence-corrected chi connectivity index (χ4v) is 8.44. The van der Waals surface area contributed by atoms with E-state index in [1.54, 1.807) is 94.1 Å². The molecule has 1 aliphatic rings. The Kier molecular flexibility index (Phi) is 23.8. The summed E-state index contributed by atoms with van der Waals surface area (Å²) in [4.78, 5) is 81.3. The lowest BCUT2D eigenvalue weighted by molar-refractivity contribution is -0.119. The van der Waals surface area contributed by atoms with Crippen molar-refractivity contribution in [3.8, 4) is 45.0 Å². The minimum absolute atomic E-state index is 0.00818. The van der Waals surface area contributed by atoms with Gasteiger partial charge in [-0.25, -0.2) is 57.4 Å². The summed E-state index contributed by atoms with van der Waals surface area (Å²) in [5.74, 6) is 1.10. The van der Waals surface area contributed by atoms with Gasteiger partial charge in [0.05, 0.1) is 70.3 Å². The molecule has 4 amide bonds. The molecule has 0 saturated heterocycles. The third-order valence-corrected chi connectivity index (χ3v) is 13.3. The number of anilines is 4. The molecule has 0 radical (unpaired) electrons. The largest absolute Gasteiger partial charge is 0.309 e. The zero-order valence-electron chi connectivity index (χ0n) is 48.7. The highest BCUT2D eigenvalue weighted by Gasteiger charge is 2.19. The molecular formula is C64H70F4N12O4. The van der Waals surface area contributed by atoms with Crippen LogP contribution in [0.15, 0.2) is 122 Å². The zero-order valence-corrected chi connectivity index (χ0v) is 48.7. The Bertz CT molecular complexity index is 3490. The van der Waals surface area contributed by atoms with Gasteiger partial charge in [0.2, 0.25) is 23.6 Å². The summed E-state index contributed by atoms with van der Waals surface area (Å²) < 4.78 is 51.6. The average molecular weight is 1150 g/mol. The quantitative estimate of drug-likeness (QED) is 0.0747. The second-order valence-corrected chi connectivity index (χ2v) is 20.7. The zero-order chi connectivity index (χ0) is 60.9. The minimum atomic E-state index is -0.293. The number of carbonyl (C=O) groups is 4. The van der Waals surface area contributed by atoms with Crippen molar-refractivity contribution in [3.05, 3.63) is 168 Å². The number of hydrogen-bond donors (Lipinski definition) is 4. The van der Waals surface area contributed by atoms with Crippen molar-refractivity contribution in [2.24, 2.45) is 17.8 Å². The van der Waals surface area contributed by atoms with Crippen molar-refractivity contribution in [2.45, 2.75) is 114 Å². The van der Waals surface area contributed by atoms with Gasteiger partial charge in [-0.15, -0.1) is 0 Å². The Balaban J connectivity index is 0.000000180. The predicted molar refractivity (Wildman–Crippen MR) is 319 cm³/mol. The molecule has 20 heteroatoms. The van der Waals surface area contributed by atoms with E-state index in [-0.39, 0.29) is 58.7 Å². The number of amides is 4. The summed E-state index contributed by atoms with van der Waals surface area (Å²) >= 11 is 0. The molecule has 1 aliphatic carbocycles. The van der Waals surface area contributed by atoms with Gasteiger partial charge in [0.1, 0.15) is 23.3 Å². The molecule has 8 aromatic rings. The highest BCUT2D eigenvalue weighted by Crippen LogP contribution is 2.28. The van der Waals surface area contributed by atoms with Gasteiger partial charge in [-0.3, -0.25) is 19.2 Å². The van der Waals surface area contributed by atoms with Crippen LogP contribution >= 0.6 is 0 Å². The van der Waals surface area contributed by atoms with Crippen molar-refractivity contribution in [2.75, 3.05) is 21.3 Å². The molecule has 0 spiro atoms. The first-order valence-corrected chi connectivity index (χ1v) is 27.7. The van der Waals surface area contributed by atoms with Gasteiger partial charge >= 0.3 is 0 Å². The van der Waals surface area contributed by atoms with E-state index in [0.29, 0.717) is 87.6 Å². The number of halogens is 4. The number of carbonyl (C=O) groups excluding carboxylic acids is 4. The van der Waals surface area contributed by atoms with Crippen molar-refractivity contribution in [1.82, 2.24) is 39.9 Å². The molecule has 4 aromatic heterocycles. The predicted octanol–water partition coefficient (Wildman–Crippen LogP) is 14.2. The third-order valence-electron chi connectivity index (χ3n) is 13.3. The lowest BCUT2D eigenvalue weighted by Gasteiger charge is -2.20.